The molecular weight excluding hydrogens is 264 g/mol. The fourth-order valence-corrected chi connectivity index (χ4v) is 2.99. The van der Waals surface area contributed by atoms with E-state index in [-0.39, 0.29) is 5.41 Å². The van der Waals surface area contributed by atoms with Crippen LogP contribution in [0.15, 0.2) is 29.2 Å². The molecule has 1 fully saturated rings. The van der Waals surface area contributed by atoms with Crippen molar-refractivity contribution in [2.24, 2.45) is 5.41 Å². The van der Waals surface area contributed by atoms with E-state index in [1.54, 1.807) is 0 Å². The Hall–Kier alpha value is -0.980. The van der Waals surface area contributed by atoms with Crippen molar-refractivity contribution >= 4 is 11.8 Å². The van der Waals surface area contributed by atoms with Gasteiger partial charge in [-0.05, 0) is 63.0 Å². The highest BCUT2D eigenvalue weighted by molar-refractivity contribution is 7.99. The van der Waals surface area contributed by atoms with E-state index < -0.39 is 0 Å². The number of rotatable bonds is 8. The first kappa shape index (κ1) is 15.4. The van der Waals surface area contributed by atoms with E-state index in [4.69, 9.17) is 5.26 Å². The van der Waals surface area contributed by atoms with Gasteiger partial charge in [0.2, 0.25) is 0 Å². The van der Waals surface area contributed by atoms with Gasteiger partial charge in [0.05, 0.1) is 11.5 Å². The highest BCUT2D eigenvalue weighted by Gasteiger charge is 2.19. The Balaban J connectivity index is 1.72. The van der Waals surface area contributed by atoms with E-state index in [0.29, 0.717) is 0 Å². The van der Waals surface area contributed by atoms with Crippen LogP contribution in [0.2, 0.25) is 0 Å². The zero-order valence-corrected chi connectivity index (χ0v) is 13.3. The van der Waals surface area contributed by atoms with Crippen LogP contribution in [0.5, 0.6) is 0 Å². The van der Waals surface area contributed by atoms with Crippen molar-refractivity contribution < 1.29 is 0 Å². The van der Waals surface area contributed by atoms with Crippen molar-refractivity contribution in [3.63, 3.8) is 0 Å². The summed E-state index contributed by atoms with van der Waals surface area (Å²) < 4.78 is 0. The molecule has 0 atom stereocenters. The van der Waals surface area contributed by atoms with Crippen LogP contribution in [0, 0.1) is 16.7 Å². The molecule has 2 nitrogen and oxygen atoms in total. The molecule has 1 N–H and O–H groups in total. The van der Waals surface area contributed by atoms with Gasteiger partial charge in [-0.15, -0.1) is 11.8 Å². The van der Waals surface area contributed by atoms with Crippen LogP contribution in [0.3, 0.4) is 0 Å². The molecule has 108 valence electrons. The largest absolute Gasteiger partial charge is 0.310 e. The molecule has 2 rings (SSSR count). The molecule has 0 spiro atoms. The molecule has 1 aliphatic rings. The molecule has 3 heteroatoms. The zero-order chi connectivity index (χ0) is 14.4. The number of thioether (sulfide) groups is 1. The Morgan fingerprint density at radius 3 is 2.90 bits per heavy atom. The van der Waals surface area contributed by atoms with Crippen LogP contribution in [0.1, 0.15) is 45.1 Å². The molecule has 0 radical (unpaired) electrons. The Bertz CT molecular complexity index is 472. The summed E-state index contributed by atoms with van der Waals surface area (Å²) in [4.78, 5) is 1.34. The first-order valence-electron chi connectivity index (χ1n) is 7.45. The normalized spacial score (nSPS) is 15.1. The van der Waals surface area contributed by atoms with Crippen molar-refractivity contribution in [2.75, 3.05) is 5.75 Å². The standard InChI is InChI=1S/C17H24N2S/c1-17(2,13-18)9-4-10-20-16-6-3-5-14(11-16)12-19-15-7-8-15/h3,5-6,11,15,19H,4,7-10,12H2,1-2H3. The number of nitrogens with zero attached hydrogens (tertiary/aromatic N) is 1. The van der Waals surface area contributed by atoms with Gasteiger partial charge in [-0.3, -0.25) is 0 Å². The molecule has 0 unspecified atom stereocenters. The SMILES string of the molecule is CC(C)(C#N)CCCSc1cccc(CNC2CC2)c1. The third-order valence-electron chi connectivity index (χ3n) is 3.59. The fraction of sp³-hybridized carbons (Fsp3) is 0.588. The summed E-state index contributed by atoms with van der Waals surface area (Å²) in [6.07, 6.45) is 4.74. The molecular formula is C17H24N2S. The van der Waals surface area contributed by atoms with Crippen LogP contribution in [-0.2, 0) is 6.54 Å². The predicted octanol–water partition coefficient (Wildman–Crippen LogP) is 4.36. The van der Waals surface area contributed by atoms with Crippen LogP contribution in [0.25, 0.3) is 0 Å². The number of nitrogens with one attached hydrogen (secondary N) is 1. The van der Waals surface area contributed by atoms with Crippen molar-refractivity contribution in [1.29, 1.82) is 5.26 Å². The molecule has 0 saturated heterocycles. The lowest BCUT2D eigenvalue weighted by molar-refractivity contribution is 0.448. The highest BCUT2D eigenvalue weighted by atomic mass is 32.2. The summed E-state index contributed by atoms with van der Waals surface area (Å²) in [6, 6.07) is 11.9. The van der Waals surface area contributed by atoms with Gasteiger partial charge in [-0.25, -0.2) is 0 Å². The molecule has 1 aromatic carbocycles. The second-order valence-electron chi connectivity index (χ2n) is 6.25. The van der Waals surface area contributed by atoms with Crippen molar-refractivity contribution in [3.05, 3.63) is 29.8 Å². The second kappa shape index (κ2) is 7.15. The maximum Gasteiger partial charge on any atom is 0.0683 e. The molecule has 0 amide bonds. The number of hydrogen-bond donors (Lipinski definition) is 1. The molecule has 0 aromatic heterocycles. The van der Waals surface area contributed by atoms with E-state index in [9.17, 15) is 0 Å². The summed E-state index contributed by atoms with van der Waals surface area (Å²) in [5.74, 6) is 1.09. The maximum atomic E-state index is 8.99. The Labute approximate surface area is 127 Å². The molecule has 1 saturated carbocycles. The van der Waals surface area contributed by atoms with Crippen LogP contribution >= 0.6 is 11.8 Å². The highest BCUT2D eigenvalue weighted by Crippen LogP contribution is 2.26. The zero-order valence-electron chi connectivity index (χ0n) is 12.5. The van der Waals surface area contributed by atoms with Crippen molar-refractivity contribution in [2.45, 2.75) is 57.0 Å². The van der Waals surface area contributed by atoms with Gasteiger partial charge in [0, 0.05) is 17.5 Å². The molecule has 0 bridgehead atoms. The van der Waals surface area contributed by atoms with Crippen LogP contribution in [-0.4, -0.2) is 11.8 Å². The summed E-state index contributed by atoms with van der Waals surface area (Å²) in [7, 11) is 0. The maximum absolute atomic E-state index is 8.99. The Morgan fingerprint density at radius 2 is 2.20 bits per heavy atom. The molecule has 1 aliphatic carbocycles. The lowest BCUT2D eigenvalue weighted by Crippen LogP contribution is -2.15. The smallest absolute Gasteiger partial charge is 0.0683 e. The van der Waals surface area contributed by atoms with Gasteiger partial charge in [-0.2, -0.15) is 5.26 Å². The molecule has 1 aromatic rings. The van der Waals surface area contributed by atoms with E-state index >= 15 is 0 Å². The summed E-state index contributed by atoms with van der Waals surface area (Å²) in [5, 5.41) is 12.5. The van der Waals surface area contributed by atoms with E-state index in [0.717, 1.165) is 31.2 Å². The lowest BCUT2D eigenvalue weighted by Gasteiger charge is -2.14. The number of hydrogen-bond acceptors (Lipinski definition) is 3. The first-order valence-corrected chi connectivity index (χ1v) is 8.44. The minimum Gasteiger partial charge on any atom is -0.310 e. The van der Waals surface area contributed by atoms with Gasteiger partial charge in [0.15, 0.2) is 0 Å². The topological polar surface area (TPSA) is 35.8 Å². The Morgan fingerprint density at radius 1 is 1.40 bits per heavy atom. The molecule has 0 heterocycles. The average Bonchev–Trinajstić information content (AvgIpc) is 3.26. The third-order valence-corrected chi connectivity index (χ3v) is 4.67. The van der Waals surface area contributed by atoms with Gasteiger partial charge in [0.1, 0.15) is 0 Å². The van der Waals surface area contributed by atoms with E-state index in [1.165, 1.54) is 23.3 Å². The number of nitriles is 1. The summed E-state index contributed by atoms with van der Waals surface area (Å²) in [5.41, 5.74) is 1.19. The quantitative estimate of drug-likeness (QED) is 0.570. The molecule has 0 aliphatic heterocycles. The third kappa shape index (κ3) is 5.56. The number of benzene rings is 1. The van der Waals surface area contributed by atoms with Gasteiger partial charge in [0.25, 0.3) is 0 Å². The Kier molecular flexibility index (Phi) is 5.51. The van der Waals surface area contributed by atoms with Gasteiger partial charge < -0.3 is 5.32 Å². The van der Waals surface area contributed by atoms with Crippen molar-refractivity contribution in [1.82, 2.24) is 5.32 Å². The van der Waals surface area contributed by atoms with Crippen molar-refractivity contribution in [3.8, 4) is 6.07 Å². The van der Waals surface area contributed by atoms with Gasteiger partial charge >= 0.3 is 0 Å². The van der Waals surface area contributed by atoms with E-state index in [1.807, 2.05) is 25.6 Å². The lowest BCUT2D eigenvalue weighted by atomic mass is 9.90. The minimum atomic E-state index is -0.184. The summed E-state index contributed by atoms with van der Waals surface area (Å²) >= 11 is 1.90. The minimum absolute atomic E-state index is 0.184. The summed E-state index contributed by atoms with van der Waals surface area (Å²) in [6.45, 7) is 5.02. The second-order valence-corrected chi connectivity index (χ2v) is 7.42. The monoisotopic (exact) mass is 288 g/mol. The van der Waals surface area contributed by atoms with Gasteiger partial charge in [-0.1, -0.05) is 12.1 Å². The first-order chi connectivity index (χ1) is 9.59. The van der Waals surface area contributed by atoms with Crippen LogP contribution < -0.4 is 5.32 Å². The van der Waals surface area contributed by atoms with Crippen LogP contribution in [0.4, 0.5) is 0 Å². The predicted molar refractivity (Wildman–Crippen MR) is 85.7 cm³/mol. The fourth-order valence-electron chi connectivity index (χ4n) is 2.05. The average molecular weight is 288 g/mol. The molecule has 20 heavy (non-hydrogen) atoms. The van der Waals surface area contributed by atoms with E-state index in [2.05, 4.69) is 35.7 Å².